The Morgan fingerprint density at radius 1 is 1.07 bits per heavy atom. The molecule has 0 spiro atoms. The number of hydrogen-bond acceptors (Lipinski definition) is 5. The van der Waals surface area contributed by atoms with Crippen molar-refractivity contribution in [2.24, 2.45) is 5.14 Å². The Morgan fingerprint density at radius 3 is 2.37 bits per heavy atom. The molecule has 0 saturated heterocycles. The van der Waals surface area contributed by atoms with Crippen LogP contribution < -0.4 is 10.0 Å². The van der Waals surface area contributed by atoms with Crippen LogP contribution in [0.2, 0.25) is 0 Å². The SMILES string of the molecule is C/C(=C(/C#N)S(N)(=O)=O)c1ccc(-c2ccc3cc(N(C)C)ccc3c2)o1. The zero-order valence-corrected chi connectivity index (χ0v) is 16.0. The second-order valence-electron chi connectivity index (χ2n) is 6.42. The molecule has 2 N–H and O–H groups in total. The molecule has 0 aliphatic heterocycles. The number of allylic oxidation sites excluding steroid dienone is 2. The molecular weight excluding hydrogens is 362 g/mol. The molecule has 0 fully saturated rings. The van der Waals surface area contributed by atoms with E-state index < -0.39 is 14.9 Å². The minimum Gasteiger partial charge on any atom is -0.456 e. The van der Waals surface area contributed by atoms with Crippen molar-refractivity contribution in [3.63, 3.8) is 0 Å². The zero-order valence-electron chi connectivity index (χ0n) is 15.2. The van der Waals surface area contributed by atoms with Crippen molar-refractivity contribution in [2.45, 2.75) is 6.92 Å². The van der Waals surface area contributed by atoms with Gasteiger partial charge >= 0.3 is 0 Å². The van der Waals surface area contributed by atoms with Crippen LogP contribution in [0.1, 0.15) is 12.7 Å². The van der Waals surface area contributed by atoms with E-state index in [9.17, 15) is 8.42 Å². The van der Waals surface area contributed by atoms with Crippen molar-refractivity contribution >= 4 is 32.1 Å². The second-order valence-corrected chi connectivity index (χ2v) is 7.91. The largest absolute Gasteiger partial charge is 0.456 e. The van der Waals surface area contributed by atoms with Crippen LogP contribution in [0.3, 0.4) is 0 Å². The van der Waals surface area contributed by atoms with Crippen molar-refractivity contribution in [1.82, 2.24) is 0 Å². The van der Waals surface area contributed by atoms with Gasteiger partial charge in [-0.15, -0.1) is 0 Å². The van der Waals surface area contributed by atoms with Crippen LogP contribution in [0, 0.1) is 11.3 Å². The fourth-order valence-electron chi connectivity index (χ4n) is 2.83. The minimum absolute atomic E-state index is 0.183. The van der Waals surface area contributed by atoms with Crippen LogP contribution in [0.15, 0.2) is 57.9 Å². The Bertz CT molecular complexity index is 1200. The Labute approximate surface area is 158 Å². The number of sulfonamides is 1. The minimum atomic E-state index is -4.10. The molecule has 6 nitrogen and oxygen atoms in total. The lowest BCUT2D eigenvalue weighted by atomic mass is 10.0. The van der Waals surface area contributed by atoms with Crippen molar-refractivity contribution in [3.8, 4) is 17.4 Å². The van der Waals surface area contributed by atoms with E-state index in [1.54, 1.807) is 18.2 Å². The van der Waals surface area contributed by atoms with Crippen molar-refractivity contribution in [2.75, 3.05) is 19.0 Å². The Morgan fingerprint density at radius 2 is 1.74 bits per heavy atom. The van der Waals surface area contributed by atoms with Gasteiger partial charge in [-0.05, 0) is 48.0 Å². The highest BCUT2D eigenvalue weighted by atomic mass is 32.2. The molecule has 138 valence electrons. The number of benzene rings is 2. The van der Waals surface area contributed by atoms with Crippen LogP contribution in [-0.4, -0.2) is 22.5 Å². The molecule has 27 heavy (non-hydrogen) atoms. The summed E-state index contributed by atoms with van der Waals surface area (Å²) in [5.74, 6) is 0.869. The molecule has 0 aliphatic rings. The molecule has 3 rings (SSSR count). The average molecular weight is 381 g/mol. The summed E-state index contributed by atoms with van der Waals surface area (Å²) in [4.78, 5) is 1.54. The van der Waals surface area contributed by atoms with E-state index in [-0.39, 0.29) is 5.57 Å². The second kappa shape index (κ2) is 6.91. The molecular formula is C20H19N3O3S. The lowest BCUT2D eigenvalue weighted by Crippen LogP contribution is -2.14. The number of nitriles is 1. The van der Waals surface area contributed by atoms with Crippen LogP contribution >= 0.6 is 0 Å². The summed E-state index contributed by atoms with van der Waals surface area (Å²) in [5, 5.41) is 16.3. The first-order chi connectivity index (χ1) is 12.7. The maximum absolute atomic E-state index is 11.5. The smallest absolute Gasteiger partial charge is 0.248 e. The van der Waals surface area contributed by atoms with Gasteiger partial charge in [-0.2, -0.15) is 5.26 Å². The number of nitrogens with two attached hydrogens (primary N) is 1. The summed E-state index contributed by atoms with van der Waals surface area (Å²) in [7, 11) is -0.117. The maximum Gasteiger partial charge on any atom is 0.248 e. The fourth-order valence-corrected chi connectivity index (χ4v) is 3.49. The number of rotatable bonds is 4. The van der Waals surface area contributed by atoms with Gasteiger partial charge in [0.05, 0.1) is 0 Å². The molecule has 0 aliphatic carbocycles. The molecule has 1 aromatic heterocycles. The number of primary sulfonamides is 1. The first-order valence-corrected chi connectivity index (χ1v) is 9.71. The first kappa shape index (κ1) is 18.7. The lowest BCUT2D eigenvalue weighted by molar-refractivity contribution is 0.566. The predicted molar refractivity (Wildman–Crippen MR) is 107 cm³/mol. The standard InChI is InChI=1S/C20H19N3O3S/c1-13(20(12-21)27(22,24)25)18-8-9-19(26-18)16-5-4-15-11-17(23(2)3)7-6-14(15)10-16/h4-11H,1-3H3,(H2,22,24,25)/b20-13+. The first-order valence-electron chi connectivity index (χ1n) is 8.16. The molecule has 0 amide bonds. The van der Waals surface area contributed by atoms with E-state index in [2.05, 4.69) is 6.07 Å². The summed E-state index contributed by atoms with van der Waals surface area (Å²) in [5.41, 5.74) is 2.15. The van der Waals surface area contributed by atoms with Crippen LogP contribution in [0.4, 0.5) is 5.69 Å². The van der Waals surface area contributed by atoms with Gasteiger partial charge in [0.25, 0.3) is 0 Å². The number of fused-ring (bicyclic) bond motifs is 1. The maximum atomic E-state index is 11.5. The molecule has 0 bridgehead atoms. The number of hydrogen-bond donors (Lipinski definition) is 1. The lowest BCUT2D eigenvalue weighted by Gasteiger charge is -2.13. The van der Waals surface area contributed by atoms with Gasteiger partial charge in [-0.3, -0.25) is 0 Å². The summed E-state index contributed by atoms with van der Waals surface area (Å²) in [6.45, 7) is 1.49. The molecule has 7 heteroatoms. The summed E-state index contributed by atoms with van der Waals surface area (Å²) in [6.07, 6.45) is 0. The van der Waals surface area contributed by atoms with Gasteiger partial charge in [-0.25, -0.2) is 13.6 Å². The van der Waals surface area contributed by atoms with E-state index in [1.165, 1.54) is 6.92 Å². The average Bonchev–Trinajstić information content (AvgIpc) is 3.10. The Hall–Kier alpha value is -3.08. The van der Waals surface area contributed by atoms with Crippen molar-refractivity contribution in [3.05, 3.63) is 59.2 Å². The molecule has 0 atom stereocenters. The van der Waals surface area contributed by atoms with Crippen LogP contribution in [-0.2, 0) is 10.0 Å². The van der Waals surface area contributed by atoms with Crippen molar-refractivity contribution in [1.29, 1.82) is 5.26 Å². The van der Waals surface area contributed by atoms with Crippen LogP contribution in [0.5, 0.6) is 0 Å². The van der Waals surface area contributed by atoms with E-state index in [4.69, 9.17) is 14.8 Å². The highest BCUT2D eigenvalue weighted by molar-refractivity contribution is 7.93. The third kappa shape index (κ3) is 3.72. The van der Waals surface area contributed by atoms with Gasteiger partial charge in [0.15, 0.2) is 4.91 Å². The molecule has 3 aromatic rings. The number of furan rings is 1. The Kier molecular flexibility index (Phi) is 4.79. The van der Waals surface area contributed by atoms with Gasteiger partial charge in [0.1, 0.15) is 17.6 Å². The molecule has 0 radical (unpaired) electrons. The van der Waals surface area contributed by atoms with Gasteiger partial charge in [0, 0.05) is 30.9 Å². The summed E-state index contributed by atoms with van der Waals surface area (Å²) >= 11 is 0. The normalized spacial score (nSPS) is 12.6. The highest BCUT2D eigenvalue weighted by Crippen LogP contribution is 2.31. The topological polar surface area (TPSA) is 100 Å². The van der Waals surface area contributed by atoms with E-state index in [1.807, 2.05) is 49.3 Å². The summed E-state index contributed by atoms with van der Waals surface area (Å²) in [6, 6.07) is 17.1. The fraction of sp³-hybridized carbons (Fsp3) is 0.150. The zero-order chi connectivity index (χ0) is 19.8. The number of anilines is 1. The van der Waals surface area contributed by atoms with E-state index >= 15 is 0 Å². The highest BCUT2D eigenvalue weighted by Gasteiger charge is 2.19. The van der Waals surface area contributed by atoms with Gasteiger partial charge in [0.2, 0.25) is 10.0 Å². The van der Waals surface area contributed by atoms with Gasteiger partial charge in [-0.1, -0.05) is 18.2 Å². The van der Waals surface area contributed by atoms with Gasteiger partial charge < -0.3 is 9.32 Å². The molecule has 0 unspecified atom stereocenters. The number of nitrogens with zero attached hydrogens (tertiary/aromatic N) is 2. The van der Waals surface area contributed by atoms with Crippen LogP contribution in [0.25, 0.3) is 27.7 Å². The molecule has 2 aromatic carbocycles. The van der Waals surface area contributed by atoms with Crippen molar-refractivity contribution < 1.29 is 12.8 Å². The molecule has 0 saturated carbocycles. The van der Waals surface area contributed by atoms with E-state index in [0.717, 1.165) is 22.0 Å². The van der Waals surface area contributed by atoms with E-state index in [0.29, 0.717) is 11.5 Å². The third-order valence-corrected chi connectivity index (χ3v) is 5.29. The third-order valence-electron chi connectivity index (χ3n) is 4.33. The monoisotopic (exact) mass is 381 g/mol. The predicted octanol–water partition coefficient (Wildman–Crippen LogP) is 3.71. The Balaban J connectivity index is 2.03. The summed E-state index contributed by atoms with van der Waals surface area (Å²) < 4.78 is 28.8. The quantitative estimate of drug-likeness (QED) is 0.694. The molecule has 1 heterocycles.